The highest BCUT2D eigenvalue weighted by atomic mass is 14.9. The number of hydrogen-bond donors (Lipinski definition) is 1. The molecule has 0 spiro atoms. The van der Waals surface area contributed by atoms with Crippen LogP contribution in [0.3, 0.4) is 0 Å². The van der Waals surface area contributed by atoms with Crippen LogP contribution in [0.25, 0.3) is 0 Å². The Balaban J connectivity index is 2.54. The summed E-state index contributed by atoms with van der Waals surface area (Å²) in [4.78, 5) is 0. The molecule has 1 N–H and O–H groups in total. The summed E-state index contributed by atoms with van der Waals surface area (Å²) in [5.41, 5.74) is 1.48. The minimum absolute atomic E-state index is 0.760. The second-order valence-electron chi connectivity index (χ2n) is 2.98. The molecule has 0 saturated carbocycles. The van der Waals surface area contributed by atoms with Gasteiger partial charge < -0.3 is 5.32 Å². The van der Waals surface area contributed by atoms with Gasteiger partial charge in [-0.2, -0.15) is 0 Å². The molecule has 1 fully saturated rings. The van der Waals surface area contributed by atoms with Crippen LogP contribution in [0.2, 0.25) is 0 Å². The van der Waals surface area contributed by atoms with Crippen molar-refractivity contribution in [2.45, 2.75) is 20.3 Å². The quantitative estimate of drug-likeness (QED) is 0.596. The maximum Gasteiger partial charge on any atom is 0.00205 e. The average molecular weight is 151 g/mol. The van der Waals surface area contributed by atoms with Crippen LogP contribution < -0.4 is 5.32 Å². The molecule has 1 atom stereocenters. The van der Waals surface area contributed by atoms with Gasteiger partial charge in [-0.3, -0.25) is 0 Å². The van der Waals surface area contributed by atoms with Crippen molar-refractivity contribution < 1.29 is 0 Å². The van der Waals surface area contributed by atoms with Gasteiger partial charge in [0.1, 0.15) is 0 Å². The number of hydrogen-bond acceptors (Lipinski definition) is 1. The third-order valence-electron chi connectivity index (χ3n) is 2.22. The van der Waals surface area contributed by atoms with Crippen LogP contribution in [0.5, 0.6) is 0 Å². The fraction of sp³-hybridized carbons (Fsp3) is 0.600. The minimum atomic E-state index is 0.760. The molecule has 1 rings (SSSR count). The van der Waals surface area contributed by atoms with Crippen molar-refractivity contribution in [2.75, 3.05) is 13.1 Å². The molecule has 1 aliphatic heterocycles. The summed E-state index contributed by atoms with van der Waals surface area (Å²) in [5, 5.41) is 3.37. The van der Waals surface area contributed by atoms with Gasteiger partial charge in [-0.1, -0.05) is 18.2 Å². The summed E-state index contributed by atoms with van der Waals surface area (Å²) in [6.07, 6.45) is 7.85. The molecule has 1 aliphatic rings. The highest BCUT2D eigenvalue weighted by molar-refractivity contribution is 5.21. The van der Waals surface area contributed by atoms with Crippen LogP contribution in [0.4, 0.5) is 0 Å². The van der Waals surface area contributed by atoms with E-state index in [0.29, 0.717) is 0 Å². The van der Waals surface area contributed by atoms with Crippen LogP contribution in [0, 0.1) is 5.92 Å². The first-order valence-corrected chi connectivity index (χ1v) is 4.38. The average Bonchev–Trinajstić information content (AvgIpc) is 2.52. The standard InChI is InChI=1S/C10H17N/c1-3-5-9(4-2)10-6-7-11-8-10/h3-5,10-11H,6-8H2,1-2H3. The fourth-order valence-electron chi connectivity index (χ4n) is 1.60. The molecular formula is C10H17N. The van der Waals surface area contributed by atoms with E-state index in [1.165, 1.54) is 18.5 Å². The third kappa shape index (κ3) is 2.19. The second-order valence-corrected chi connectivity index (χ2v) is 2.98. The van der Waals surface area contributed by atoms with E-state index in [2.05, 4.69) is 37.4 Å². The Labute approximate surface area is 69.2 Å². The van der Waals surface area contributed by atoms with E-state index >= 15 is 0 Å². The van der Waals surface area contributed by atoms with Crippen molar-refractivity contribution in [2.24, 2.45) is 5.92 Å². The molecule has 1 unspecified atom stereocenters. The van der Waals surface area contributed by atoms with Crippen LogP contribution >= 0.6 is 0 Å². The van der Waals surface area contributed by atoms with E-state index in [1.807, 2.05) is 0 Å². The molecule has 0 aromatic heterocycles. The monoisotopic (exact) mass is 151 g/mol. The SMILES string of the molecule is CC=CC(=CC)C1CCNC1. The highest BCUT2D eigenvalue weighted by Crippen LogP contribution is 2.18. The first-order valence-electron chi connectivity index (χ1n) is 4.38. The van der Waals surface area contributed by atoms with Gasteiger partial charge in [0.25, 0.3) is 0 Å². The van der Waals surface area contributed by atoms with Gasteiger partial charge >= 0.3 is 0 Å². The smallest absolute Gasteiger partial charge is 0.00205 e. The van der Waals surface area contributed by atoms with Crippen LogP contribution in [-0.4, -0.2) is 13.1 Å². The molecule has 62 valence electrons. The molecule has 0 aromatic rings. The number of rotatable bonds is 2. The van der Waals surface area contributed by atoms with E-state index < -0.39 is 0 Å². The Hall–Kier alpha value is -0.560. The Morgan fingerprint density at radius 3 is 2.73 bits per heavy atom. The number of allylic oxidation sites excluding steroid dienone is 3. The second kappa shape index (κ2) is 4.35. The molecule has 11 heavy (non-hydrogen) atoms. The molecule has 0 bridgehead atoms. The topological polar surface area (TPSA) is 12.0 Å². The lowest BCUT2D eigenvalue weighted by atomic mass is 9.98. The van der Waals surface area contributed by atoms with Crippen molar-refractivity contribution in [1.29, 1.82) is 0 Å². The van der Waals surface area contributed by atoms with Crippen molar-refractivity contribution in [3.05, 3.63) is 23.8 Å². The van der Waals surface area contributed by atoms with E-state index in [9.17, 15) is 0 Å². The normalized spacial score (nSPS) is 26.7. The molecule has 0 aromatic carbocycles. The zero-order valence-electron chi connectivity index (χ0n) is 7.43. The molecule has 0 radical (unpaired) electrons. The zero-order chi connectivity index (χ0) is 8.10. The first-order chi connectivity index (χ1) is 5.38. The Morgan fingerprint density at radius 1 is 1.45 bits per heavy atom. The first kappa shape index (κ1) is 8.54. The molecule has 1 saturated heterocycles. The lowest BCUT2D eigenvalue weighted by molar-refractivity contribution is 0.696. The predicted octanol–water partition coefficient (Wildman–Crippen LogP) is 2.12. The molecule has 1 heteroatoms. The Bertz CT molecular complexity index is 162. The highest BCUT2D eigenvalue weighted by Gasteiger charge is 2.15. The summed E-state index contributed by atoms with van der Waals surface area (Å²) in [6.45, 7) is 6.53. The fourth-order valence-corrected chi connectivity index (χ4v) is 1.60. The van der Waals surface area contributed by atoms with Crippen molar-refractivity contribution >= 4 is 0 Å². The van der Waals surface area contributed by atoms with Crippen molar-refractivity contribution in [3.8, 4) is 0 Å². The molecule has 1 nitrogen and oxygen atoms in total. The van der Waals surface area contributed by atoms with Gasteiger partial charge in [0, 0.05) is 6.54 Å². The Kier molecular flexibility index (Phi) is 3.37. The van der Waals surface area contributed by atoms with Gasteiger partial charge in [-0.25, -0.2) is 0 Å². The van der Waals surface area contributed by atoms with Crippen LogP contribution in [-0.2, 0) is 0 Å². The molecular weight excluding hydrogens is 134 g/mol. The zero-order valence-corrected chi connectivity index (χ0v) is 7.43. The van der Waals surface area contributed by atoms with E-state index in [0.717, 1.165) is 12.5 Å². The van der Waals surface area contributed by atoms with E-state index in [1.54, 1.807) is 0 Å². The molecule has 1 heterocycles. The molecule has 0 amide bonds. The van der Waals surface area contributed by atoms with Crippen molar-refractivity contribution in [1.82, 2.24) is 5.32 Å². The van der Waals surface area contributed by atoms with Gasteiger partial charge in [-0.05, 0) is 38.3 Å². The summed E-state index contributed by atoms with van der Waals surface area (Å²) in [5.74, 6) is 0.760. The predicted molar refractivity (Wildman–Crippen MR) is 49.5 cm³/mol. The van der Waals surface area contributed by atoms with Gasteiger partial charge in [-0.15, -0.1) is 0 Å². The maximum absolute atomic E-state index is 3.37. The lowest BCUT2D eigenvalue weighted by Crippen LogP contribution is -2.09. The largest absolute Gasteiger partial charge is 0.316 e. The van der Waals surface area contributed by atoms with E-state index in [4.69, 9.17) is 0 Å². The Morgan fingerprint density at radius 2 is 2.27 bits per heavy atom. The number of nitrogens with one attached hydrogen (secondary N) is 1. The van der Waals surface area contributed by atoms with Crippen LogP contribution in [0.15, 0.2) is 23.8 Å². The summed E-state index contributed by atoms with van der Waals surface area (Å²) in [7, 11) is 0. The lowest BCUT2D eigenvalue weighted by Gasteiger charge is -2.08. The summed E-state index contributed by atoms with van der Waals surface area (Å²) >= 11 is 0. The minimum Gasteiger partial charge on any atom is -0.316 e. The van der Waals surface area contributed by atoms with Gasteiger partial charge in [0.2, 0.25) is 0 Å². The van der Waals surface area contributed by atoms with E-state index in [-0.39, 0.29) is 0 Å². The maximum atomic E-state index is 3.37. The summed E-state index contributed by atoms with van der Waals surface area (Å²) < 4.78 is 0. The summed E-state index contributed by atoms with van der Waals surface area (Å²) in [6, 6.07) is 0. The van der Waals surface area contributed by atoms with Crippen LogP contribution in [0.1, 0.15) is 20.3 Å². The van der Waals surface area contributed by atoms with Gasteiger partial charge in [0.15, 0.2) is 0 Å². The third-order valence-corrected chi connectivity index (χ3v) is 2.22. The van der Waals surface area contributed by atoms with Crippen molar-refractivity contribution in [3.63, 3.8) is 0 Å². The van der Waals surface area contributed by atoms with Gasteiger partial charge in [0.05, 0.1) is 0 Å². The molecule has 0 aliphatic carbocycles.